The summed E-state index contributed by atoms with van der Waals surface area (Å²) in [6.45, 7) is 3.29. The highest BCUT2D eigenvalue weighted by molar-refractivity contribution is 8.76. The number of hydrogen-bond acceptors (Lipinski definition) is 8. The molecule has 0 radical (unpaired) electrons. The highest BCUT2D eigenvalue weighted by Gasteiger charge is 2.32. The Bertz CT molecular complexity index is 1350. The SMILES string of the molecule is CC(C)[C@H]1CC(=O)CC2/C=C/CCSSC[C@@H](NC1=O)C(=O)N[C@H](Cc1ccc3ccccc3c1)C(=O)NCC(=O)O2. The minimum atomic E-state index is -1.01. The minimum Gasteiger partial charge on any atom is -0.456 e. The smallest absolute Gasteiger partial charge is 0.326 e. The first-order chi connectivity index (χ1) is 20.2. The number of allylic oxidation sites excluding steroid dienone is 1. The van der Waals surface area contributed by atoms with Crippen molar-refractivity contribution in [1.29, 1.82) is 0 Å². The van der Waals surface area contributed by atoms with Crippen LogP contribution >= 0.6 is 21.6 Å². The number of esters is 1. The molecule has 4 atom stereocenters. The zero-order chi connectivity index (χ0) is 30.1. The van der Waals surface area contributed by atoms with Crippen LogP contribution in [-0.4, -0.2) is 65.7 Å². The molecule has 2 aromatic rings. The molecule has 1 unspecified atom stereocenters. The van der Waals surface area contributed by atoms with E-state index in [1.807, 2.05) is 62.4 Å². The van der Waals surface area contributed by atoms with Crippen LogP contribution < -0.4 is 16.0 Å². The monoisotopic (exact) mass is 611 g/mol. The van der Waals surface area contributed by atoms with Gasteiger partial charge in [-0.2, -0.15) is 0 Å². The van der Waals surface area contributed by atoms with Gasteiger partial charge in [0, 0.05) is 36.7 Å². The van der Waals surface area contributed by atoms with Gasteiger partial charge in [-0.15, -0.1) is 0 Å². The highest BCUT2D eigenvalue weighted by atomic mass is 33.1. The Hall–Kier alpha value is -3.31. The highest BCUT2D eigenvalue weighted by Crippen LogP contribution is 2.25. The van der Waals surface area contributed by atoms with Crippen molar-refractivity contribution in [1.82, 2.24) is 16.0 Å². The second-order valence-electron chi connectivity index (χ2n) is 10.9. The summed E-state index contributed by atoms with van der Waals surface area (Å²) in [4.78, 5) is 66.2. The molecule has 3 amide bonds. The maximum Gasteiger partial charge on any atom is 0.326 e. The van der Waals surface area contributed by atoms with Crippen LogP contribution in [0.1, 0.15) is 38.7 Å². The lowest BCUT2D eigenvalue weighted by molar-refractivity contribution is -0.148. The maximum absolute atomic E-state index is 13.6. The van der Waals surface area contributed by atoms with Crippen molar-refractivity contribution < 1.29 is 28.7 Å². The van der Waals surface area contributed by atoms with Gasteiger partial charge in [-0.1, -0.05) is 84.0 Å². The van der Waals surface area contributed by atoms with Gasteiger partial charge in [-0.3, -0.25) is 24.0 Å². The summed E-state index contributed by atoms with van der Waals surface area (Å²) < 4.78 is 5.57. The van der Waals surface area contributed by atoms with Crippen molar-refractivity contribution >= 4 is 61.8 Å². The maximum atomic E-state index is 13.6. The first-order valence-electron chi connectivity index (χ1n) is 14.2. The van der Waals surface area contributed by atoms with E-state index < -0.39 is 54.3 Å². The second kappa shape index (κ2) is 15.2. The normalized spacial score (nSPS) is 26.1. The molecule has 0 aromatic heterocycles. The van der Waals surface area contributed by atoms with Crippen LogP contribution in [0.4, 0.5) is 0 Å². The number of rotatable bonds is 3. The van der Waals surface area contributed by atoms with Crippen LogP contribution in [0, 0.1) is 11.8 Å². The molecular formula is C31H37N3O6S2. The first-order valence-corrected chi connectivity index (χ1v) is 16.7. The fraction of sp³-hybridized carbons (Fsp3) is 0.452. The fourth-order valence-corrected chi connectivity index (χ4v) is 7.07. The van der Waals surface area contributed by atoms with E-state index in [0.717, 1.165) is 22.1 Å². The first kappa shape index (κ1) is 31.6. The van der Waals surface area contributed by atoms with E-state index in [2.05, 4.69) is 16.0 Å². The third-order valence-corrected chi connectivity index (χ3v) is 9.71. The summed E-state index contributed by atoms with van der Waals surface area (Å²) in [6.07, 6.45) is 3.47. The zero-order valence-corrected chi connectivity index (χ0v) is 25.4. The summed E-state index contributed by atoms with van der Waals surface area (Å²) in [5.41, 5.74) is 0.825. The molecular weight excluding hydrogens is 574 g/mol. The Morgan fingerprint density at radius 3 is 2.48 bits per heavy atom. The van der Waals surface area contributed by atoms with Gasteiger partial charge in [0.15, 0.2) is 0 Å². The van der Waals surface area contributed by atoms with Crippen LogP contribution in [-0.2, 0) is 35.1 Å². The van der Waals surface area contributed by atoms with E-state index in [9.17, 15) is 24.0 Å². The van der Waals surface area contributed by atoms with E-state index in [4.69, 9.17) is 4.74 Å². The number of carbonyl (C=O) groups excluding carboxylic acids is 5. The molecule has 0 aliphatic carbocycles. The molecule has 2 aromatic carbocycles. The largest absolute Gasteiger partial charge is 0.456 e. The third kappa shape index (κ3) is 9.09. The van der Waals surface area contributed by atoms with Crippen molar-refractivity contribution in [3.8, 4) is 0 Å². The van der Waals surface area contributed by atoms with Crippen molar-refractivity contribution in [2.75, 3.05) is 18.1 Å². The molecule has 9 nitrogen and oxygen atoms in total. The lowest BCUT2D eigenvalue weighted by Gasteiger charge is -2.26. The summed E-state index contributed by atoms with van der Waals surface area (Å²) in [5, 5.41) is 10.3. The van der Waals surface area contributed by atoms with Gasteiger partial charge in [-0.05, 0) is 34.8 Å². The fourth-order valence-electron chi connectivity index (χ4n) is 4.91. The van der Waals surface area contributed by atoms with Gasteiger partial charge in [0.1, 0.15) is 30.5 Å². The van der Waals surface area contributed by atoms with E-state index in [0.29, 0.717) is 6.42 Å². The number of benzene rings is 2. The Morgan fingerprint density at radius 1 is 0.905 bits per heavy atom. The Morgan fingerprint density at radius 2 is 1.69 bits per heavy atom. The van der Waals surface area contributed by atoms with Crippen molar-refractivity contribution in [2.45, 2.75) is 57.7 Å². The number of amides is 3. The molecule has 2 aliphatic rings. The number of hydrogen-bond donors (Lipinski definition) is 3. The molecule has 1 fully saturated rings. The zero-order valence-electron chi connectivity index (χ0n) is 23.8. The number of fused-ring (bicyclic) bond motifs is 8. The number of carbonyl (C=O) groups is 5. The van der Waals surface area contributed by atoms with Crippen molar-refractivity contribution in [2.24, 2.45) is 11.8 Å². The molecule has 42 heavy (non-hydrogen) atoms. The molecule has 1 saturated heterocycles. The molecule has 2 aliphatic heterocycles. The van der Waals surface area contributed by atoms with Crippen LogP contribution in [0.2, 0.25) is 0 Å². The van der Waals surface area contributed by atoms with Gasteiger partial charge in [0.2, 0.25) is 17.7 Å². The van der Waals surface area contributed by atoms with Crippen LogP contribution in [0.25, 0.3) is 10.8 Å². The summed E-state index contributed by atoms with van der Waals surface area (Å²) in [6, 6.07) is 11.7. The lowest BCUT2D eigenvalue weighted by Crippen LogP contribution is -2.56. The van der Waals surface area contributed by atoms with Crippen LogP contribution in [0.15, 0.2) is 54.6 Å². The molecule has 11 heteroatoms. The topological polar surface area (TPSA) is 131 Å². The van der Waals surface area contributed by atoms with Crippen molar-refractivity contribution in [3.05, 3.63) is 60.2 Å². The van der Waals surface area contributed by atoms with E-state index in [-0.39, 0.29) is 36.7 Å². The van der Waals surface area contributed by atoms with Crippen LogP contribution in [0.3, 0.4) is 0 Å². The lowest BCUT2D eigenvalue weighted by atomic mass is 9.88. The molecule has 4 rings (SSSR count). The van der Waals surface area contributed by atoms with Crippen LogP contribution in [0.5, 0.6) is 0 Å². The standard InChI is InChI=1S/C31H37N3O6S2/c1-19(2)25-16-23(35)15-24-9-5-6-12-41-42-18-27(34-29(25)37)31(39)33-26(30(38)32-17-28(36)40-24)14-20-10-11-21-7-3-4-8-22(21)13-20/h3-5,7-11,13,19,24-27H,6,12,14-18H2,1-2H3,(H,32,38)(H,33,39)(H,34,37)/b9-5+/t24?,25-,26-,27-/m1/s1. The Kier molecular flexibility index (Phi) is 11.5. The average Bonchev–Trinajstić information content (AvgIpc) is 2.96. The third-order valence-electron chi connectivity index (χ3n) is 7.26. The van der Waals surface area contributed by atoms with E-state index >= 15 is 0 Å². The summed E-state index contributed by atoms with van der Waals surface area (Å²) in [7, 11) is 3.01. The van der Waals surface area contributed by atoms with Crippen molar-refractivity contribution in [3.63, 3.8) is 0 Å². The number of ether oxygens (including phenoxy) is 1. The molecule has 0 spiro atoms. The predicted octanol–water partition coefficient (Wildman–Crippen LogP) is 3.36. The predicted molar refractivity (Wildman–Crippen MR) is 166 cm³/mol. The summed E-state index contributed by atoms with van der Waals surface area (Å²) in [5.74, 6) is -2.22. The average molecular weight is 612 g/mol. The van der Waals surface area contributed by atoms with E-state index in [1.54, 1.807) is 16.9 Å². The molecule has 0 saturated carbocycles. The van der Waals surface area contributed by atoms with Gasteiger partial charge >= 0.3 is 5.97 Å². The minimum absolute atomic E-state index is 0.0387. The molecule has 2 heterocycles. The summed E-state index contributed by atoms with van der Waals surface area (Å²) >= 11 is 0. The Labute approximate surface area is 253 Å². The number of nitrogens with one attached hydrogen (secondary N) is 3. The van der Waals surface area contributed by atoms with Gasteiger partial charge < -0.3 is 20.7 Å². The number of ketones is 1. The second-order valence-corrected chi connectivity index (χ2v) is 13.5. The number of Topliss-reactive ketones (excluding diaryl/α,β-unsaturated/α-hetero) is 1. The quantitative estimate of drug-likeness (QED) is 0.274. The van der Waals surface area contributed by atoms with Gasteiger partial charge in [0.25, 0.3) is 0 Å². The van der Waals surface area contributed by atoms with Gasteiger partial charge in [-0.25, -0.2) is 0 Å². The Balaban J connectivity index is 1.67. The van der Waals surface area contributed by atoms with E-state index in [1.165, 1.54) is 10.8 Å². The molecule has 3 N–H and O–H groups in total. The van der Waals surface area contributed by atoms with Gasteiger partial charge in [0.05, 0.1) is 0 Å². The molecule has 224 valence electrons. The molecule has 2 bridgehead atoms.